The molecular formula is C21H22N6O. The van der Waals surface area contributed by atoms with Gasteiger partial charge in [-0.05, 0) is 24.3 Å². The van der Waals surface area contributed by atoms with Gasteiger partial charge in [-0.1, -0.05) is 12.1 Å². The molecule has 28 heavy (non-hydrogen) atoms. The molecule has 0 amide bonds. The minimum absolute atomic E-state index is 0.0685. The zero-order valence-corrected chi connectivity index (χ0v) is 15.7. The Morgan fingerprint density at radius 1 is 1.18 bits per heavy atom. The molecule has 0 saturated carbocycles. The number of H-pyrrole nitrogens is 1. The van der Waals surface area contributed by atoms with Gasteiger partial charge < -0.3 is 14.3 Å². The number of morpholine rings is 1. The third kappa shape index (κ3) is 3.08. The fourth-order valence-corrected chi connectivity index (χ4v) is 3.77. The van der Waals surface area contributed by atoms with Crippen LogP contribution in [0.2, 0.25) is 0 Å². The van der Waals surface area contributed by atoms with Gasteiger partial charge in [-0.2, -0.15) is 0 Å². The molecule has 5 rings (SSSR count). The molecule has 1 atom stereocenters. The number of aryl methyl sites for hydroxylation is 1. The van der Waals surface area contributed by atoms with E-state index in [1.165, 1.54) is 0 Å². The molecule has 4 heterocycles. The number of imidazole rings is 2. The van der Waals surface area contributed by atoms with E-state index in [2.05, 4.69) is 43.6 Å². The molecule has 1 saturated heterocycles. The third-order valence-corrected chi connectivity index (χ3v) is 5.35. The van der Waals surface area contributed by atoms with E-state index in [4.69, 9.17) is 9.72 Å². The van der Waals surface area contributed by atoms with Crippen molar-refractivity contribution in [2.24, 2.45) is 7.05 Å². The Morgan fingerprint density at radius 2 is 2.11 bits per heavy atom. The number of para-hydroxylation sites is 2. The summed E-state index contributed by atoms with van der Waals surface area (Å²) < 4.78 is 7.94. The second-order valence-corrected chi connectivity index (χ2v) is 7.06. The maximum Gasteiger partial charge on any atom is 0.126 e. The molecule has 0 radical (unpaired) electrons. The van der Waals surface area contributed by atoms with E-state index in [-0.39, 0.29) is 6.04 Å². The Balaban J connectivity index is 1.42. The lowest BCUT2D eigenvalue weighted by Crippen LogP contribution is -2.40. The first-order valence-corrected chi connectivity index (χ1v) is 9.47. The van der Waals surface area contributed by atoms with Crippen molar-refractivity contribution in [1.82, 2.24) is 29.4 Å². The number of nitrogens with zero attached hydrogens (tertiary/aromatic N) is 5. The average Bonchev–Trinajstić information content (AvgIpc) is 3.35. The van der Waals surface area contributed by atoms with Crippen molar-refractivity contribution in [1.29, 1.82) is 0 Å². The molecule has 1 aliphatic rings. The lowest BCUT2D eigenvalue weighted by atomic mass is 10.2. The van der Waals surface area contributed by atoms with E-state index in [1.54, 1.807) is 6.20 Å². The van der Waals surface area contributed by atoms with E-state index in [0.29, 0.717) is 6.61 Å². The Morgan fingerprint density at radius 3 is 2.96 bits per heavy atom. The van der Waals surface area contributed by atoms with Crippen LogP contribution in [-0.4, -0.2) is 49.2 Å². The van der Waals surface area contributed by atoms with Gasteiger partial charge in [0.25, 0.3) is 0 Å². The molecule has 1 aromatic carbocycles. The first-order valence-electron chi connectivity index (χ1n) is 9.47. The van der Waals surface area contributed by atoms with Gasteiger partial charge in [-0.15, -0.1) is 0 Å². The Hall–Kier alpha value is -3.03. The highest BCUT2D eigenvalue weighted by Crippen LogP contribution is 2.27. The maximum atomic E-state index is 5.77. The van der Waals surface area contributed by atoms with E-state index in [1.807, 2.05) is 36.7 Å². The molecular weight excluding hydrogens is 352 g/mol. The van der Waals surface area contributed by atoms with Crippen LogP contribution in [0.5, 0.6) is 0 Å². The number of hydrogen-bond donors (Lipinski definition) is 1. The van der Waals surface area contributed by atoms with Crippen molar-refractivity contribution in [3.8, 4) is 11.3 Å². The summed E-state index contributed by atoms with van der Waals surface area (Å²) in [4.78, 5) is 19.5. The Labute approximate surface area is 163 Å². The van der Waals surface area contributed by atoms with E-state index < -0.39 is 0 Å². The summed E-state index contributed by atoms with van der Waals surface area (Å²) in [5, 5.41) is 0. The van der Waals surface area contributed by atoms with Gasteiger partial charge >= 0.3 is 0 Å². The standard InChI is InChI=1S/C21H22N6O/c1-26-18-7-3-2-6-16(18)24-20(26)13-27-9-10-28-14-19(27)21-23-12-17(25-21)15-5-4-8-22-11-15/h2-8,11-12,19H,9-10,13-14H2,1H3,(H,23,25)/t19-/m0/s1. The molecule has 0 spiro atoms. The van der Waals surface area contributed by atoms with Crippen LogP contribution < -0.4 is 0 Å². The minimum atomic E-state index is 0.0685. The molecule has 1 N–H and O–H groups in total. The number of ether oxygens (including phenoxy) is 1. The lowest BCUT2D eigenvalue weighted by Gasteiger charge is -2.34. The average molecular weight is 374 g/mol. The zero-order valence-electron chi connectivity index (χ0n) is 15.7. The van der Waals surface area contributed by atoms with Crippen LogP contribution >= 0.6 is 0 Å². The summed E-state index contributed by atoms with van der Waals surface area (Å²) in [5.74, 6) is 1.96. The Bertz CT molecular complexity index is 1090. The fourth-order valence-electron chi connectivity index (χ4n) is 3.77. The van der Waals surface area contributed by atoms with E-state index in [0.717, 1.165) is 53.6 Å². The summed E-state index contributed by atoms with van der Waals surface area (Å²) in [5.41, 5.74) is 4.18. The van der Waals surface area contributed by atoms with Gasteiger partial charge in [-0.25, -0.2) is 9.97 Å². The molecule has 142 valence electrons. The van der Waals surface area contributed by atoms with Crippen LogP contribution in [0.1, 0.15) is 17.7 Å². The van der Waals surface area contributed by atoms with Crippen LogP contribution in [0.25, 0.3) is 22.3 Å². The number of hydrogen-bond acceptors (Lipinski definition) is 5. The van der Waals surface area contributed by atoms with Crippen LogP contribution in [-0.2, 0) is 18.3 Å². The topological polar surface area (TPSA) is 71.9 Å². The van der Waals surface area contributed by atoms with Crippen molar-refractivity contribution < 1.29 is 4.74 Å². The highest BCUT2D eigenvalue weighted by Gasteiger charge is 2.28. The van der Waals surface area contributed by atoms with Crippen LogP contribution in [0.15, 0.2) is 55.0 Å². The van der Waals surface area contributed by atoms with Crippen LogP contribution in [0.4, 0.5) is 0 Å². The summed E-state index contributed by atoms with van der Waals surface area (Å²) in [7, 11) is 2.08. The number of benzene rings is 1. The fraction of sp³-hybridized carbons (Fsp3) is 0.286. The predicted octanol–water partition coefficient (Wildman–Crippen LogP) is 2.93. The number of aromatic amines is 1. The molecule has 1 fully saturated rings. The SMILES string of the molecule is Cn1c(CN2CCOC[C@H]2c2ncc(-c3cccnc3)[nH]2)nc2ccccc21. The molecule has 1 aliphatic heterocycles. The molecule has 0 bridgehead atoms. The molecule has 7 nitrogen and oxygen atoms in total. The quantitative estimate of drug-likeness (QED) is 0.595. The van der Waals surface area contributed by atoms with Gasteiger partial charge in [0.2, 0.25) is 0 Å². The highest BCUT2D eigenvalue weighted by molar-refractivity contribution is 5.75. The highest BCUT2D eigenvalue weighted by atomic mass is 16.5. The Kier molecular flexibility index (Phi) is 4.38. The predicted molar refractivity (Wildman–Crippen MR) is 107 cm³/mol. The first-order chi connectivity index (χ1) is 13.8. The van der Waals surface area contributed by atoms with Gasteiger partial charge in [-0.3, -0.25) is 9.88 Å². The lowest BCUT2D eigenvalue weighted by molar-refractivity contribution is -0.0170. The van der Waals surface area contributed by atoms with Crippen LogP contribution in [0.3, 0.4) is 0 Å². The summed E-state index contributed by atoms with van der Waals surface area (Å²) in [6.07, 6.45) is 5.48. The normalized spacial score (nSPS) is 18.0. The summed E-state index contributed by atoms with van der Waals surface area (Å²) >= 11 is 0. The molecule has 3 aromatic heterocycles. The third-order valence-electron chi connectivity index (χ3n) is 5.35. The van der Waals surface area contributed by atoms with E-state index in [9.17, 15) is 0 Å². The second-order valence-electron chi connectivity index (χ2n) is 7.06. The van der Waals surface area contributed by atoms with E-state index >= 15 is 0 Å². The largest absolute Gasteiger partial charge is 0.378 e. The summed E-state index contributed by atoms with van der Waals surface area (Å²) in [6.45, 7) is 2.93. The first kappa shape index (κ1) is 17.1. The van der Waals surface area contributed by atoms with Crippen molar-refractivity contribution in [3.63, 3.8) is 0 Å². The molecule has 0 unspecified atom stereocenters. The zero-order chi connectivity index (χ0) is 18.9. The second kappa shape index (κ2) is 7.18. The molecule has 0 aliphatic carbocycles. The van der Waals surface area contributed by atoms with Gasteiger partial charge in [0.05, 0.1) is 48.7 Å². The number of aromatic nitrogens is 5. The van der Waals surface area contributed by atoms with Crippen molar-refractivity contribution in [3.05, 3.63) is 66.6 Å². The van der Waals surface area contributed by atoms with Gasteiger partial charge in [0, 0.05) is 31.5 Å². The number of nitrogens with one attached hydrogen (secondary N) is 1. The van der Waals surface area contributed by atoms with Crippen molar-refractivity contribution in [2.45, 2.75) is 12.6 Å². The number of pyridine rings is 1. The van der Waals surface area contributed by atoms with Gasteiger partial charge in [0.15, 0.2) is 0 Å². The number of rotatable bonds is 4. The monoisotopic (exact) mass is 374 g/mol. The smallest absolute Gasteiger partial charge is 0.126 e. The molecule has 7 heteroatoms. The van der Waals surface area contributed by atoms with Gasteiger partial charge in [0.1, 0.15) is 11.6 Å². The maximum absolute atomic E-state index is 5.77. The summed E-state index contributed by atoms with van der Waals surface area (Å²) in [6, 6.07) is 12.3. The van der Waals surface area contributed by atoms with Crippen LogP contribution in [0, 0.1) is 0 Å². The van der Waals surface area contributed by atoms with Crippen molar-refractivity contribution in [2.75, 3.05) is 19.8 Å². The minimum Gasteiger partial charge on any atom is -0.378 e. The number of fused-ring (bicyclic) bond motifs is 1. The molecule has 4 aromatic rings. The van der Waals surface area contributed by atoms with Crippen molar-refractivity contribution >= 4 is 11.0 Å².